The molecule has 0 amide bonds. The lowest BCUT2D eigenvalue weighted by Gasteiger charge is -2.15. The third-order valence-corrected chi connectivity index (χ3v) is 10.5. The number of fused-ring (bicyclic) bond motifs is 7. The summed E-state index contributed by atoms with van der Waals surface area (Å²) in [6.07, 6.45) is 0. The van der Waals surface area contributed by atoms with Gasteiger partial charge in [-0.05, 0) is 66.0 Å². The van der Waals surface area contributed by atoms with Gasteiger partial charge >= 0.3 is 0 Å². The molecule has 8 aromatic carbocycles. The molecule has 3 heterocycles. The zero-order valence-corrected chi connectivity index (χ0v) is 29.1. The molecule has 0 saturated heterocycles. The van der Waals surface area contributed by atoms with Gasteiger partial charge in [0.05, 0.1) is 27.8 Å². The lowest BCUT2D eigenvalue weighted by Crippen LogP contribution is -2.02. The predicted molar refractivity (Wildman–Crippen MR) is 222 cm³/mol. The number of rotatable bonds is 5. The van der Waals surface area contributed by atoms with Crippen LogP contribution in [0.1, 0.15) is 0 Å². The van der Waals surface area contributed by atoms with E-state index in [1.54, 1.807) is 0 Å². The molecule has 0 aliphatic heterocycles. The number of hydrogen-bond donors (Lipinski definition) is 0. The zero-order chi connectivity index (χ0) is 35.6. The van der Waals surface area contributed by atoms with Crippen LogP contribution in [0, 0.1) is 0 Å². The molecule has 0 N–H and O–H groups in total. The summed E-state index contributed by atoms with van der Waals surface area (Å²) in [5.74, 6) is 1.89. The van der Waals surface area contributed by atoms with E-state index in [-0.39, 0.29) is 0 Å². The van der Waals surface area contributed by atoms with E-state index in [1.807, 2.05) is 18.2 Å². The first kappa shape index (κ1) is 30.3. The largest absolute Gasteiger partial charge is 0.309 e. The minimum Gasteiger partial charge on any atom is -0.309 e. The first-order chi connectivity index (χ1) is 26.8. The van der Waals surface area contributed by atoms with Crippen LogP contribution in [0.4, 0.5) is 0 Å². The summed E-state index contributed by atoms with van der Waals surface area (Å²) >= 11 is 0. The van der Waals surface area contributed by atoms with Gasteiger partial charge in [0.15, 0.2) is 17.5 Å². The minimum atomic E-state index is 0.624. The SMILES string of the molecule is c1ccc(-c2nc(-c3cc(-n4c5ccccc5c5ccccc54)c4ccccc4c3)nc(-c3ccc4c(c3)c3ccccc3n4-c3ccccc3)n2)cc1. The molecule has 252 valence electrons. The van der Waals surface area contributed by atoms with Crippen molar-refractivity contribution < 1.29 is 0 Å². The number of aromatic nitrogens is 5. The first-order valence-corrected chi connectivity index (χ1v) is 18.2. The van der Waals surface area contributed by atoms with Crippen LogP contribution in [0.2, 0.25) is 0 Å². The fourth-order valence-corrected chi connectivity index (χ4v) is 8.10. The number of para-hydroxylation sites is 4. The molecule has 0 fully saturated rings. The van der Waals surface area contributed by atoms with Gasteiger partial charge in [0.25, 0.3) is 0 Å². The van der Waals surface area contributed by atoms with Crippen LogP contribution < -0.4 is 0 Å². The van der Waals surface area contributed by atoms with Crippen molar-refractivity contribution in [1.29, 1.82) is 0 Å². The Labute approximate surface area is 311 Å². The standard InChI is InChI=1S/C49H31N5/c1-3-15-32(16-4-1)47-50-48(34-27-28-45-41(30-34)40-23-11-12-24-42(40)53(45)36-18-5-2-6-19-36)52-49(51-47)35-29-33-17-7-8-20-37(33)46(31-35)54-43-25-13-9-21-38(43)39-22-10-14-26-44(39)54/h1-31H. The monoisotopic (exact) mass is 689 g/mol. The maximum absolute atomic E-state index is 5.27. The van der Waals surface area contributed by atoms with Crippen molar-refractivity contribution >= 4 is 54.4 Å². The number of nitrogens with zero attached hydrogens (tertiary/aromatic N) is 5. The molecular weight excluding hydrogens is 659 g/mol. The molecule has 11 rings (SSSR count). The molecule has 11 aromatic rings. The molecule has 5 heteroatoms. The Kier molecular flexibility index (Phi) is 6.79. The van der Waals surface area contributed by atoms with Crippen LogP contribution in [-0.2, 0) is 0 Å². The average molecular weight is 690 g/mol. The van der Waals surface area contributed by atoms with E-state index in [2.05, 4.69) is 179 Å². The highest BCUT2D eigenvalue weighted by molar-refractivity contribution is 6.12. The topological polar surface area (TPSA) is 48.5 Å². The minimum absolute atomic E-state index is 0.624. The fraction of sp³-hybridized carbons (Fsp3) is 0. The predicted octanol–water partition coefficient (Wildman–Crippen LogP) is 12.2. The highest BCUT2D eigenvalue weighted by Crippen LogP contribution is 2.38. The van der Waals surface area contributed by atoms with Crippen LogP contribution in [0.3, 0.4) is 0 Å². The van der Waals surface area contributed by atoms with Crippen LogP contribution in [0.15, 0.2) is 188 Å². The molecule has 0 unspecified atom stereocenters. The van der Waals surface area contributed by atoms with E-state index in [1.165, 1.54) is 16.2 Å². The van der Waals surface area contributed by atoms with Gasteiger partial charge in [-0.3, -0.25) is 0 Å². The van der Waals surface area contributed by atoms with E-state index in [0.717, 1.165) is 66.3 Å². The molecule has 0 aliphatic carbocycles. The molecule has 0 saturated carbocycles. The van der Waals surface area contributed by atoms with Crippen LogP contribution in [0.5, 0.6) is 0 Å². The number of hydrogen-bond acceptors (Lipinski definition) is 3. The normalized spacial score (nSPS) is 11.7. The Bertz CT molecular complexity index is 3160. The lowest BCUT2D eigenvalue weighted by atomic mass is 10.0. The van der Waals surface area contributed by atoms with Gasteiger partial charge < -0.3 is 9.13 Å². The summed E-state index contributed by atoms with van der Waals surface area (Å²) in [5, 5.41) is 7.05. The van der Waals surface area contributed by atoms with Crippen LogP contribution in [-0.4, -0.2) is 24.1 Å². The first-order valence-electron chi connectivity index (χ1n) is 18.2. The second-order valence-corrected chi connectivity index (χ2v) is 13.7. The van der Waals surface area contributed by atoms with E-state index in [4.69, 9.17) is 15.0 Å². The molecule has 5 nitrogen and oxygen atoms in total. The Morgan fingerprint density at radius 2 is 0.778 bits per heavy atom. The van der Waals surface area contributed by atoms with Gasteiger partial charge in [0.2, 0.25) is 0 Å². The zero-order valence-electron chi connectivity index (χ0n) is 29.1. The van der Waals surface area contributed by atoms with Crippen molar-refractivity contribution in [2.24, 2.45) is 0 Å². The van der Waals surface area contributed by atoms with Crippen molar-refractivity contribution in [1.82, 2.24) is 24.1 Å². The molecular formula is C49H31N5. The fourth-order valence-electron chi connectivity index (χ4n) is 8.10. The van der Waals surface area contributed by atoms with Crippen LogP contribution >= 0.6 is 0 Å². The third-order valence-electron chi connectivity index (χ3n) is 10.5. The van der Waals surface area contributed by atoms with Gasteiger partial charge in [-0.1, -0.05) is 127 Å². The smallest absolute Gasteiger partial charge is 0.164 e. The van der Waals surface area contributed by atoms with Crippen molar-refractivity contribution in [2.45, 2.75) is 0 Å². The summed E-state index contributed by atoms with van der Waals surface area (Å²) in [6.45, 7) is 0. The highest BCUT2D eigenvalue weighted by Gasteiger charge is 2.19. The summed E-state index contributed by atoms with van der Waals surface area (Å²) in [5.41, 5.74) is 9.61. The molecule has 0 radical (unpaired) electrons. The molecule has 54 heavy (non-hydrogen) atoms. The van der Waals surface area contributed by atoms with E-state index < -0.39 is 0 Å². The summed E-state index contributed by atoms with van der Waals surface area (Å²) < 4.78 is 4.71. The Morgan fingerprint density at radius 1 is 0.296 bits per heavy atom. The molecule has 0 aliphatic rings. The molecule has 0 atom stereocenters. The van der Waals surface area contributed by atoms with Crippen LogP contribution in [0.25, 0.3) is 99.9 Å². The molecule has 0 bridgehead atoms. The van der Waals surface area contributed by atoms with E-state index in [0.29, 0.717) is 17.5 Å². The maximum Gasteiger partial charge on any atom is 0.164 e. The Hall–Kier alpha value is -7.37. The molecule has 0 spiro atoms. The highest BCUT2D eigenvalue weighted by atomic mass is 15.0. The van der Waals surface area contributed by atoms with Gasteiger partial charge in [0, 0.05) is 49.3 Å². The van der Waals surface area contributed by atoms with Gasteiger partial charge in [-0.15, -0.1) is 0 Å². The molecule has 3 aromatic heterocycles. The van der Waals surface area contributed by atoms with Gasteiger partial charge in [-0.2, -0.15) is 0 Å². The van der Waals surface area contributed by atoms with Crippen molar-refractivity contribution in [3.05, 3.63) is 188 Å². The van der Waals surface area contributed by atoms with E-state index >= 15 is 0 Å². The summed E-state index contributed by atoms with van der Waals surface area (Å²) in [4.78, 5) is 15.6. The average Bonchev–Trinajstić information content (AvgIpc) is 3.76. The summed E-state index contributed by atoms with van der Waals surface area (Å²) in [6, 6.07) is 66.2. The van der Waals surface area contributed by atoms with E-state index in [9.17, 15) is 0 Å². The second-order valence-electron chi connectivity index (χ2n) is 13.7. The van der Waals surface area contributed by atoms with Crippen molar-refractivity contribution in [2.75, 3.05) is 0 Å². The summed E-state index contributed by atoms with van der Waals surface area (Å²) in [7, 11) is 0. The van der Waals surface area contributed by atoms with Gasteiger partial charge in [-0.25, -0.2) is 15.0 Å². The van der Waals surface area contributed by atoms with Crippen molar-refractivity contribution in [3.8, 4) is 45.5 Å². The maximum atomic E-state index is 5.27. The Balaban J connectivity index is 1.16. The second kappa shape index (κ2) is 12.1. The quantitative estimate of drug-likeness (QED) is 0.181. The van der Waals surface area contributed by atoms with Gasteiger partial charge in [0.1, 0.15) is 0 Å². The van der Waals surface area contributed by atoms with Crippen molar-refractivity contribution in [3.63, 3.8) is 0 Å². The number of benzene rings is 8. The lowest BCUT2D eigenvalue weighted by molar-refractivity contribution is 1.07. The third kappa shape index (κ3) is 4.76. The Morgan fingerprint density at radius 3 is 1.44 bits per heavy atom.